The summed E-state index contributed by atoms with van der Waals surface area (Å²) in [6.07, 6.45) is 0. The molecule has 2 aromatic carbocycles. The molecule has 2 aromatic rings. The second kappa shape index (κ2) is 10.6. The van der Waals surface area contributed by atoms with E-state index < -0.39 is 18.5 Å². The Morgan fingerprint density at radius 3 is 2.24 bits per heavy atom. The third-order valence-electron chi connectivity index (χ3n) is 3.66. The minimum atomic E-state index is -0.768. The van der Waals surface area contributed by atoms with Gasteiger partial charge in [-0.25, -0.2) is 4.79 Å². The maximum absolute atomic E-state index is 12.3. The molecule has 0 atom stereocenters. The largest absolute Gasteiger partial charge is 0.452 e. The third kappa shape index (κ3) is 7.10. The fourth-order valence-corrected chi connectivity index (χ4v) is 2.37. The molecular formula is C21H23N3O5. The topological polar surface area (TPSA) is 114 Å². The lowest BCUT2D eigenvalue weighted by molar-refractivity contribution is -0.128. The van der Waals surface area contributed by atoms with E-state index in [4.69, 9.17) is 4.74 Å². The van der Waals surface area contributed by atoms with Gasteiger partial charge in [0.05, 0.1) is 17.8 Å². The highest BCUT2D eigenvalue weighted by atomic mass is 16.5. The lowest BCUT2D eigenvalue weighted by Crippen LogP contribution is -2.41. The Morgan fingerprint density at radius 2 is 1.55 bits per heavy atom. The number of benzene rings is 2. The number of esters is 1. The number of anilines is 1. The van der Waals surface area contributed by atoms with E-state index in [1.54, 1.807) is 62.4 Å². The molecule has 0 saturated carbocycles. The SMILES string of the molecule is CC(C)NC(=O)CNC(=O)COC(=O)c1ccccc1NC(=O)c1ccccc1. The van der Waals surface area contributed by atoms with Gasteiger partial charge < -0.3 is 20.7 Å². The molecule has 3 amide bonds. The van der Waals surface area contributed by atoms with E-state index in [-0.39, 0.29) is 35.7 Å². The van der Waals surface area contributed by atoms with Gasteiger partial charge in [0.2, 0.25) is 5.91 Å². The molecule has 0 aliphatic carbocycles. The van der Waals surface area contributed by atoms with E-state index >= 15 is 0 Å². The number of ether oxygens (including phenoxy) is 1. The van der Waals surface area contributed by atoms with Crippen molar-refractivity contribution in [3.05, 3.63) is 65.7 Å². The first-order valence-electron chi connectivity index (χ1n) is 9.05. The summed E-state index contributed by atoms with van der Waals surface area (Å²) in [5.41, 5.74) is 0.819. The van der Waals surface area contributed by atoms with E-state index in [0.717, 1.165) is 0 Å². The van der Waals surface area contributed by atoms with Crippen molar-refractivity contribution in [1.82, 2.24) is 10.6 Å². The van der Waals surface area contributed by atoms with Crippen molar-refractivity contribution in [2.24, 2.45) is 0 Å². The number of hydrogen-bond donors (Lipinski definition) is 3. The van der Waals surface area contributed by atoms with Crippen LogP contribution in [-0.4, -0.2) is 42.9 Å². The first kappa shape index (κ1) is 21.6. The van der Waals surface area contributed by atoms with Gasteiger partial charge in [-0.05, 0) is 38.1 Å². The second-order valence-corrected chi connectivity index (χ2v) is 6.44. The van der Waals surface area contributed by atoms with Gasteiger partial charge in [0, 0.05) is 11.6 Å². The van der Waals surface area contributed by atoms with E-state index in [2.05, 4.69) is 16.0 Å². The molecule has 0 bridgehead atoms. The highest BCUT2D eigenvalue weighted by Gasteiger charge is 2.16. The average Bonchev–Trinajstić information content (AvgIpc) is 2.71. The van der Waals surface area contributed by atoms with Crippen molar-refractivity contribution in [3.8, 4) is 0 Å². The number of carbonyl (C=O) groups is 4. The van der Waals surface area contributed by atoms with Crippen LogP contribution < -0.4 is 16.0 Å². The zero-order valence-corrected chi connectivity index (χ0v) is 16.2. The van der Waals surface area contributed by atoms with Crippen LogP contribution in [0.15, 0.2) is 54.6 Å². The summed E-state index contributed by atoms with van der Waals surface area (Å²) in [7, 11) is 0. The predicted molar refractivity (Wildman–Crippen MR) is 107 cm³/mol. The molecule has 0 saturated heterocycles. The summed E-state index contributed by atoms with van der Waals surface area (Å²) in [5.74, 6) is -2.09. The molecule has 0 heterocycles. The number of nitrogens with one attached hydrogen (secondary N) is 3. The molecule has 0 fully saturated rings. The standard InChI is InChI=1S/C21H23N3O5/c1-14(2)23-18(25)12-22-19(26)13-29-21(28)16-10-6-7-11-17(16)24-20(27)15-8-4-3-5-9-15/h3-11,14H,12-13H2,1-2H3,(H,22,26)(H,23,25)(H,24,27). The Hall–Kier alpha value is -3.68. The van der Waals surface area contributed by atoms with Crippen molar-refractivity contribution in [2.45, 2.75) is 19.9 Å². The smallest absolute Gasteiger partial charge is 0.340 e. The number of hydrogen-bond acceptors (Lipinski definition) is 5. The van der Waals surface area contributed by atoms with Crippen LogP contribution in [0.25, 0.3) is 0 Å². The van der Waals surface area contributed by atoms with Crippen LogP contribution in [0.4, 0.5) is 5.69 Å². The molecule has 0 aromatic heterocycles. The van der Waals surface area contributed by atoms with Crippen molar-refractivity contribution >= 4 is 29.4 Å². The van der Waals surface area contributed by atoms with Crippen molar-refractivity contribution in [2.75, 3.05) is 18.5 Å². The minimum Gasteiger partial charge on any atom is -0.452 e. The van der Waals surface area contributed by atoms with Gasteiger partial charge in [0.1, 0.15) is 0 Å². The minimum absolute atomic E-state index is 0.0418. The number of rotatable bonds is 8. The van der Waals surface area contributed by atoms with Crippen LogP contribution in [0.2, 0.25) is 0 Å². The van der Waals surface area contributed by atoms with Crippen LogP contribution in [-0.2, 0) is 14.3 Å². The Morgan fingerprint density at radius 1 is 0.897 bits per heavy atom. The fourth-order valence-electron chi connectivity index (χ4n) is 2.37. The molecule has 0 aliphatic rings. The quantitative estimate of drug-likeness (QED) is 0.587. The summed E-state index contributed by atoms with van der Waals surface area (Å²) in [5, 5.41) is 7.65. The van der Waals surface area contributed by atoms with Crippen molar-refractivity contribution in [1.29, 1.82) is 0 Å². The monoisotopic (exact) mass is 397 g/mol. The lowest BCUT2D eigenvalue weighted by atomic mass is 10.1. The Bertz CT molecular complexity index is 881. The first-order chi connectivity index (χ1) is 13.9. The van der Waals surface area contributed by atoms with E-state index in [0.29, 0.717) is 5.56 Å². The zero-order chi connectivity index (χ0) is 21.2. The second-order valence-electron chi connectivity index (χ2n) is 6.44. The molecule has 8 heteroatoms. The molecule has 0 unspecified atom stereocenters. The molecule has 2 rings (SSSR count). The van der Waals surface area contributed by atoms with Crippen LogP contribution in [0, 0.1) is 0 Å². The van der Waals surface area contributed by atoms with E-state index in [9.17, 15) is 19.2 Å². The molecule has 152 valence electrons. The predicted octanol–water partition coefficient (Wildman–Crippen LogP) is 1.74. The summed E-state index contributed by atoms with van der Waals surface area (Å²) in [6, 6.07) is 14.8. The van der Waals surface area contributed by atoms with Gasteiger partial charge in [0.25, 0.3) is 11.8 Å². The normalized spacial score (nSPS) is 10.2. The van der Waals surface area contributed by atoms with Crippen LogP contribution in [0.1, 0.15) is 34.6 Å². The van der Waals surface area contributed by atoms with Gasteiger partial charge in [-0.15, -0.1) is 0 Å². The molecule has 0 radical (unpaired) electrons. The van der Waals surface area contributed by atoms with Gasteiger partial charge in [-0.3, -0.25) is 14.4 Å². The lowest BCUT2D eigenvalue weighted by Gasteiger charge is -2.12. The summed E-state index contributed by atoms with van der Waals surface area (Å²) in [6.45, 7) is 2.85. The molecular weight excluding hydrogens is 374 g/mol. The van der Waals surface area contributed by atoms with E-state index in [1.807, 2.05) is 0 Å². The van der Waals surface area contributed by atoms with Crippen molar-refractivity contribution in [3.63, 3.8) is 0 Å². The van der Waals surface area contributed by atoms with Gasteiger partial charge in [-0.1, -0.05) is 30.3 Å². The maximum Gasteiger partial charge on any atom is 0.340 e. The summed E-state index contributed by atoms with van der Waals surface area (Å²) < 4.78 is 5.00. The average molecular weight is 397 g/mol. The highest BCUT2D eigenvalue weighted by molar-refractivity contribution is 6.08. The molecule has 3 N–H and O–H groups in total. The number of carbonyl (C=O) groups excluding carboxylic acids is 4. The molecule has 0 aliphatic heterocycles. The van der Waals surface area contributed by atoms with Gasteiger partial charge in [0.15, 0.2) is 6.61 Å². The van der Waals surface area contributed by atoms with Crippen LogP contribution in [0.5, 0.6) is 0 Å². The highest BCUT2D eigenvalue weighted by Crippen LogP contribution is 2.17. The summed E-state index contributed by atoms with van der Waals surface area (Å²) >= 11 is 0. The van der Waals surface area contributed by atoms with Crippen LogP contribution in [0.3, 0.4) is 0 Å². The number of amides is 3. The van der Waals surface area contributed by atoms with Gasteiger partial charge in [-0.2, -0.15) is 0 Å². The van der Waals surface area contributed by atoms with E-state index in [1.165, 1.54) is 6.07 Å². The molecule has 0 spiro atoms. The zero-order valence-electron chi connectivity index (χ0n) is 16.2. The molecule has 29 heavy (non-hydrogen) atoms. The molecule has 8 nitrogen and oxygen atoms in total. The summed E-state index contributed by atoms with van der Waals surface area (Å²) in [4.78, 5) is 47.9. The Kier molecular flexibility index (Phi) is 7.90. The third-order valence-corrected chi connectivity index (χ3v) is 3.66. The van der Waals surface area contributed by atoms with Crippen molar-refractivity contribution < 1.29 is 23.9 Å². The van der Waals surface area contributed by atoms with Gasteiger partial charge >= 0.3 is 5.97 Å². The first-order valence-corrected chi connectivity index (χ1v) is 9.05. The Labute approximate surface area is 168 Å². The fraction of sp³-hybridized carbons (Fsp3) is 0.238. The number of para-hydroxylation sites is 1. The maximum atomic E-state index is 12.3. The Balaban J connectivity index is 1.92. The van der Waals surface area contributed by atoms with Crippen LogP contribution >= 0.6 is 0 Å².